The molecular weight excluding hydrogens is 346 g/mol. The van der Waals surface area contributed by atoms with Gasteiger partial charge in [-0.2, -0.15) is 0 Å². The molecule has 0 saturated carbocycles. The minimum absolute atomic E-state index is 0. The molecule has 0 aliphatic heterocycles. The van der Waals surface area contributed by atoms with Gasteiger partial charge in [-0.05, 0) is 6.42 Å². The molecule has 0 aromatic heterocycles. The molecule has 0 aromatic rings. The van der Waals surface area contributed by atoms with Crippen molar-refractivity contribution < 1.29 is 26.8 Å². The summed E-state index contributed by atoms with van der Waals surface area (Å²) in [4.78, 5) is 12.0. The molecular formula is C22H46ClNO2. The van der Waals surface area contributed by atoms with E-state index in [1.165, 1.54) is 89.9 Å². The number of likely N-dealkylation sites (N-methyl/N-ethyl adjacent to an activating group) is 1. The van der Waals surface area contributed by atoms with E-state index < -0.39 is 0 Å². The van der Waals surface area contributed by atoms with E-state index in [4.69, 9.17) is 5.11 Å². The van der Waals surface area contributed by atoms with Crippen LogP contribution in [0.5, 0.6) is 0 Å². The van der Waals surface area contributed by atoms with Crippen molar-refractivity contribution >= 4 is 5.91 Å². The summed E-state index contributed by atoms with van der Waals surface area (Å²) in [5.74, 6) is 0.253. The molecule has 0 heterocycles. The molecule has 158 valence electrons. The van der Waals surface area contributed by atoms with E-state index in [0.717, 1.165) is 6.42 Å². The Morgan fingerprint density at radius 2 is 1.04 bits per heavy atom. The zero-order valence-electron chi connectivity index (χ0n) is 17.9. The van der Waals surface area contributed by atoms with Crippen molar-refractivity contribution in [3.05, 3.63) is 0 Å². The average Bonchev–Trinajstić information content (AvgIpc) is 2.58. The maximum absolute atomic E-state index is 12.0. The smallest absolute Gasteiger partial charge is 0.313 e. The monoisotopic (exact) mass is 391 g/mol. The van der Waals surface area contributed by atoms with Gasteiger partial charge in [0.05, 0.1) is 27.1 Å². The summed E-state index contributed by atoms with van der Waals surface area (Å²) in [5, 5.41) is 8.99. The highest BCUT2D eigenvalue weighted by Crippen LogP contribution is 2.14. The number of hydrogen-bond donors (Lipinski definition) is 1. The van der Waals surface area contributed by atoms with Crippen LogP contribution in [-0.2, 0) is 4.79 Å². The Labute approximate surface area is 169 Å². The number of unbranched alkanes of at least 4 members (excludes halogenated alkanes) is 14. The number of carbonyl (C=O) groups excluding carboxylic acids is 1. The fourth-order valence-electron chi connectivity index (χ4n) is 3.32. The molecule has 3 nitrogen and oxygen atoms in total. The van der Waals surface area contributed by atoms with Gasteiger partial charge in [0.15, 0.2) is 0 Å². The molecule has 0 radical (unpaired) electrons. The standard InChI is InChI=1S/C22H46NO2.ClH/c1-4-5-6-7-8-9-10-11-12-13-14-15-16-17-18-19-22(25)23(2,3)20-21-24;/h24H,4-21H2,1-3H3;1H/q+1;/p-1. The minimum Gasteiger partial charge on any atom is -1.00 e. The first-order valence-corrected chi connectivity index (χ1v) is 11.0. The number of halogens is 1. The predicted molar refractivity (Wildman–Crippen MR) is 109 cm³/mol. The summed E-state index contributed by atoms with van der Waals surface area (Å²) in [6.07, 6.45) is 20.9. The Bertz CT molecular complexity index is 309. The molecule has 0 rings (SSSR count). The SMILES string of the molecule is CCCCCCCCCCCCCCCCCC(=O)[N+](C)(C)CCO.[Cl-]. The Balaban J connectivity index is 0. The second-order valence-corrected chi connectivity index (χ2v) is 8.23. The maximum Gasteiger partial charge on any atom is 0.313 e. The fraction of sp³-hybridized carbons (Fsp3) is 0.955. The molecule has 26 heavy (non-hydrogen) atoms. The fourth-order valence-corrected chi connectivity index (χ4v) is 3.32. The van der Waals surface area contributed by atoms with E-state index >= 15 is 0 Å². The Kier molecular flexibility index (Phi) is 21.2. The number of quaternary nitrogens is 1. The molecule has 0 aromatic carbocycles. The topological polar surface area (TPSA) is 37.3 Å². The summed E-state index contributed by atoms with van der Waals surface area (Å²) >= 11 is 0. The highest BCUT2D eigenvalue weighted by atomic mass is 35.5. The second kappa shape index (κ2) is 19.6. The van der Waals surface area contributed by atoms with Gasteiger partial charge in [0.2, 0.25) is 0 Å². The van der Waals surface area contributed by atoms with Crippen LogP contribution in [0.25, 0.3) is 0 Å². The van der Waals surface area contributed by atoms with E-state index in [1.807, 2.05) is 14.1 Å². The molecule has 0 bridgehead atoms. The number of hydrogen-bond acceptors (Lipinski definition) is 2. The normalized spacial score (nSPS) is 11.4. The van der Waals surface area contributed by atoms with E-state index in [2.05, 4.69) is 6.92 Å². The number of aliphatic hydroxyl groups is 1. The lowest BCUT2D eigenvalue weighted by atomic mass is 10.0. The van der Waals surface area contributed by atoms with E-state index in [1.54, 1.807) is 0 Å². The lowest BCUT2D eigenvalue weighted by Gasteiger charge is -2.25. The van der Waals surface area contributed by atoms with Crippen LogP contribution in [0.1, 0.15) is 110 Å². The van der Waals surface area contributed by atoms with Crippen molar-refractivity contribution in [3.63, 3.8) is 0 Å². The second-order valence-electron chi connectivity index (χ2n) is 8.23. The zero-order valence-corrected chi connectivity index (χ0v) is 18.7. The van der Waals surface area contributed by atoms with Gasteiger partial charge in [0.1, 0.15) is 6.54 Å². The van der Waals surface area contributed by atoms with Gasteiger partial charge in [0.25, 0.3) is 0 Å². The molecule has 0 aliphatic carbocycles. The number of aliphatic hydroxyl groups excluding tert-OH is 1. The third-order valence-corrected chi connectivity index (χ3v) is 5.33. The number of nitrogens with zero attached hydrogens (tertiary/aromatic N) is 1. The van der Waals surface area contributed by atoms with Gasteiger partial charge in [0, 0.05) is 0 Å². The number of amides is 1. The summed E-state index contributed by atoms with van der Waals surface area (Å²) in [5.41, 5.74) is 0. The molecule has 0 fully saturated rings. The van der Waals surface area contributed by atoms with Crippen LogP contribution in [-0.4, -0.2) is 42.7 Å². The van der Waals surface area contributed by atoms with Crippen molar-refractivity contribution in [1.29, 1.82) is 0 Å². The van der Waals surface area contributed by atoms with Gasteiger partial charge in [-0.25, -0.2) is 4.79 Å². The molecule has 4 heteroatoms. The quantitative estimate of drug-likeness (QED) is 0.288. The summed E-state index contributed by atoms with van der Waals surface area (Å²) in [6, 6.07) is 0. The van der Waals surface area contributed by atoms with Crippen molar-refractivity contribution in [2.75, 3.05) is 27.2 Å². The molecule has 0 unspecified atom stereocenters. The van der Waals surface area contributed by atoms with Gasteiger partial charge < -0.3 is 17.5 Å². The number of carbonyl (C=O) groups is 1. The molecule has 1 N–H and O–H groups in total. The van der Waals surface area contributed by atoms with Crippen molar-refractivity contribution in [2.24, 2.45) is 0 Å². The highest BCUT2D eigenvalue weighted by Gasteiger charge is 2.24. The predicted octanol–water partition coefficient (Wildman–Crippen LogP) is 2.85. The van der Waals surface area contributed by atoms with Gasteiger partial charge >= 0.3 is 5.91 Å². The van der Waals surface area contributed by atoms with Crippen LogP contribution in [0.4, 0.5) is 0 Å². The molecule has 0 atom stereocenters. The van der Waals surface area contributed by atoms with Crippen LogP contribution < -0.4 is 12.4 Å². The van der Waals surface area contributed by atoms with Crippen LogP contribution in [0.2, 0.25) is 0 Å². The average molecular weight is 392 g/mol. The summed E-state index contributed by atoms with van der Waals surface area (Å²) in [7, 11) is 3.79. The van der Waals surface area contributed by atoms with Crippen molar-refractivity contribution in [2.45, 2.75) is 110 Å². The van der Waals surface area contributed by atoms with Crippen LogP contribution in [0.3, 0.4) is 0 Å². The van der Waals surface area contributed by atoms with Gasteiger partial charge in [-0.3, -0.25) is 4.48 Å². The van der Waals surface area contributed by atoms with Crippen LogP contribution >= 0.6 is 0 Å². The first kappa shape index (κ1) is 28.1. The molecule has 0 aliphatic rings. The number of rotatable bonds is 18. The van der Waals surface area contributed by atoms with Crippen molar-refractivity contribution in [1.82, 2.24) is 0 Å². The lowest BCUT2D eigenvalue weighted by molar-refractivity contribution is -0.814. The molecule has 1 amide bonds. The van der Waals surface area contributed by atoms with E-state index in [0.29, 0.717) is 17.4 Å². The zero-order chi connectivity index (χ0) is 18.8. The van der Waals surface area contributed by atoms with Crippen molar-refractivity contribution in [3.8, 4) is 0 Å². The largest absolute Gasteiger partial charge is 1.00 e. The highest BCUT2D eigenvalue weighted by molar-refractivity contribution is 5.68. The lowest BCUT2D eigenvalue weighted by Crippen LogP contribution is -3.00. The Hall–Kier alpha value is -0.120. The summed E-state index contributed by atoms with van der Waals surface area (Å²) < 4.78 is 0.315. The Morgan fingerprint density at radius 1 is 0.692 bits per heavy atom. The van der Waals surface area contributed by atoms with Crippen LogP contribution in [0, 0.1) is 0 Å². The van der Waals surface area contributed by atoms with E-state index in [9.17, 15) is 4.79 Å². The minimum atomic E-state index is 0. The molecule has 0 saturated heterocycles. The van der Waals surface area contributed by atoms with Gasteiger partial charge in [-0.1, -0.05) is 96.8 Å². The molecule has 0 spiro atoms. The first-order chi connectivity index (χ1) is 12.0. The third-order valence-electron chi connectivity index (χ3n) is 5.33. The van der Waals surface area contributed by atoms with E-state index in [-0.39, 0.29) is 24.9 Å². The summed E-state index contributed by atoms with van der Waals surface area (Å²) in [6.45, 7) is 2.88. The first-order valence-electron chi connectivity index (χ1n) is 11.0. The third kappa shape index (κ3) is 17.3. The van der Waals surface area contributed by atoms with Crippen LogP contribution in [0.15, 0.2) is 0 Å². The Morgan fingerprint density at radius 3 is 1.38 bits per heavy atom. The maximum atomic E-state index is 12.0. The van der Waals surface area contributed by atoms with Gasteiger partial charge in [-0.15, -0.1) is 0 Å².